The fourth-order valence-electron chi connectivity index (χ4n) is 2.65. The van der Waals surface area contributed by atoms with E-state index in [0.29, 0.717) is 11.6 Å². The Kier molecular flexibility index (Phi) is 5.17. The average molecular weight is 396 g/mol. The van der Waals surface area contributed by atoms with E-state index < -0.39 is 29.3 Å². The van der Waals surface area contributed by atoms with Gasteiger partial charge in [0.2, 0.25) is 0 Å². The summed E-state index contributed by atoms with van der Waals surface area (Å²) in [6, 6.07) is 6.01. The van der Waals surface area contributed by atoms with E-state index in [4.69, 9.17) is 0 Å². The summed E-state index contributed by atoms with van der Waals surface area (Å²) in [5.41, 5.74) is -0.412. The molecular formula is C19H13F5N2O2. The molecule has 0 aliphatic heterocycles. The third-order valence-electron chi connectivity index (χ3n) is 4.02. The van der Waals surface area contributed by atoms with Gasteiger partial charge in [0.15, 0.2) is 0 Å². The van der Waals surface area contributed by atoms with Crippen LogP contribution < -0.4 is 0 Å². The highest BCUT2D eigenvalue weighted by molar-refractivity contribution is 5.93. The van der Waals surface area contributed by atoms with Gasteiger partial charge in [0.1, 0.15) is 11.6 Å². The van der Waals surface area contributed by atoms with Crippen LogP contribution in [-0.4, -0.2) is 22.9 Å². The van der Waals surface area contributed by atoms with Crippen molar-refractivity contribution in [2.24, 2.45) is 0 Å². The van der Waals surface area contributed by atoms with Crippen molar-refractivity contribution in [2.75, 3.05) is 7.11 Å². The zero-order valence-electron chi connectivity index (χ0n) is 14.4. The SMILES string of the molecule is COC(=O)C=Cc1nn(Cc2ccc(F)cc2F)c2ccc(C(F)(F)F)cc12. The van der Waals surface area contributed by atoms with Crippen LogP contribution in [0.1, 0.15) is 16.8 Å². The first kappa shape index (κ1) is 19.5. The molecule has 0 bridgehead atoms. The number of methoxy groups -OCH3 is 1. The van der Waals surface area contributed by atoms with Crippen molar-refractivity contribution in [3.63, 3.8) is 0 Å². The lowest BCUT2D eigenvalue weighted by molar-refractivity contribution is -0.137. The Hall–Kier alpha value is -3.23. The molecule has 146 valence electrons. The van der Waals surface area contributed by atoms with Crippen LogP contribution in [0.15, 0.2) is 42.5 Å². The number of esters is 1. The van der Waals surface area contributed by atoms with Crippen molar-refractivity contribution in [1.82, 2.24) is 9.78 Å². The second-order valence-electron chi connectivity index (χ2n) is 5.86. The molecule has 1 aromatic heterocycles. The van der Waals surface area contributed by atoms with Gasteiger partial charge in [0, 0.05) is 23.1 Å². The fourth-order valence-corrected chi connectivity index (χ4v) is 2.65. The molecule has 0 aliphatic carbocycles. The first-order valence-electron chi connectivity index (χ1n) is 7.97. The molecule has 4 nitrogen and oxygen atoms in total. The molecular weight excluding hydrogens is 383 g/mol. The van der Waals surface area contributed by atoms with E-state index in [0.717, 1.165) is 31.4 Å². The van der Waals surface area contributed by atoms with Gasteiger partial charge in [-0.3, -0.25) is 4.68 Å². The number of nitrogens with zero attached hydrogens (tertiary/aromatic N) is 2. The number of halogens is 5. The molecule has 9 heteroatoms. The van der Waals surface area contributed by atoms with E-state index in [2.05, 4.69) is 9.84 Å². The number of benzene rings is 2. The van der Waals surface area contributed by atoms with Gasteiger partial charge < -0.3 is 4.74 Å². The Labute approximate surface area is 155 Å². The molecule has 0 amide bonds. The number of rotatable bonds is 4. The quantitative estimate of drug-likeness (QED) is 0.369. The van der Waals surface area contributed by atoms with Gasteiger partial charge in [-0.2, -0.15) is 18.3 Å². The van der Waals surface area contributed by atoms with Crippen LogP contribution in [0.2, 0.25) is 0 Å². The standard InChI is InChI=1S/C19H13F5N2O2/c1-28-18(27)7-5-16-14-8-12(19(22,23)24)3-6-17(14)26(25-16)10-11-2-4-13(20)9-15(11)21/h2-9H,10H2,1H3. The van der Waals surface area contributed by atoms with Gasteiger partial charge in [0.25, 0.3) is 0 Å². The first-order valence-corrected chi connectivity index (χ1v) is 7.97. The van der Waals surface area contributed by atoms with Crippen molar-refractivity contribution in [1.29, 1.82) is 0 Å². The predicted molar refractivity (Wildman–Crippen MR) is 91.2 cm³/mol. The number of carbonyl (C=O) groups is 1. The number of carbonyl (C=O) groups excluding carboxylic acids is 1. The van der Waals surface area contributed by atoms with Crippen LogP contribution in [0, 0.1) is 11.6 Å². The van der Waals surface area contributed by atoms with Crippen LogP contribution in [0.25, 0.3) is 17.0 Å². The highest BCUT2D eigenvalue weighted by atomic mass is 19.4. The molecule has 3 rings (SSSR count). The Bertz CT molecular complexity index is 1070. The minimum absolute atomic E-state index is 0.0778. The lowest BCUT2D eigenvalue weighted by atomic mass is 10.1. The van der Waals surface area contributed by atoms with Gasteiger partial charge in [-0.15, -0.1) is 0 Å². The van der Waals surface area contributed by atoms with E-state index >= 15 is 0 Å². The average Bonchev–Trinajstić information content (AvgIpc) is 2.98. The molecule has 2 aromatic carbocycles. The third kappa shape index (κ3) is 4.03. The van der Waals surface area contributed by atoms with Crippen molar-refractivity contribution >= 4 is 22.9 Å². The smallest absolute Gasteiger partial charge is 0.416 e. The van der Waals surface area contributed by atoms with Gasteiger partial charge >= 0.3 is 12.1 Å². The second kappa shape index (κ2) is 7.41. The summed E-state index contributed by atoms with van der Waals surface area (Å²) in [7, 11) is 1.16. The zero-order chi connectivity index (χ0) is 20.5. The lowest BCUT2D eigenvalue weighted by Gasteiger charge is -2.08. The maximum atomic E-state index is 14.0. The number of hydrogen-bond donors (Lipinski definition) is 0. The van der Waals surface area contributed by atoms with E-state index in [1.807, 2.05) is 0 Å². The summed E-state index contributed by atoms with van der Waals surface area (Å²) in [5, 5.41) is 4.29. The minimum atomic E-state index is -4.57. The van der Waals surface area contributed by atoms with Crippen molar-refractivity contribution in [3.8, 4) is 0 Å². The largest absolute Gasteiger partial charge is 0.466 e. The van der Waals surface area contributed by atoms with Crippen molar-refractivity contribution in [3.05, 3.63) is 70.9 Å². The first-order chi connectivity index (χ1) is 13.2. The van der Waals surface area contributed by atoms with Crippen LogP contribution >= 0.6 is 0 Å². The Morgan fingerprint density at radius 1 is 1.18 bits per heavy atom. The Morgan fingerprint density at radius 2 is 1.93 bits per heavy atom. The molecule has 0 saturated heterocycles. The maximum absolute atomic E-state index is 14.0. The van der Waals surface area contributed by atoms with E-state index in [1.54, 1.807) is 0 Å². The molecule has 28 heavy (non-hydrogen) atoms. The highest BCUT2D eigenvalue weighted by Crippen LogP contribution is 2.33. The molecule has 0 unspecified atom stereocenters. The number of aromatic nitrogens is 2. The van der Waals surface area contributed by atoms with Crippen molar-refractivity contribution in [2.45, 2.75) is 12.7 Å². The summed E-state index contributed by atoms with van der Waals surface area (Å²) >= 11 is 0. The van der Waals surface area contributed by atoms with Gasteiger partial charge in [-0.1, -0.05) is 6.07 Å². The predicted octanol–water partition coefficient (Wildman–Crippen LogP) is 4.57. The topological polar surface area (TPSA) is 44.1 Å². The summed E-state index contributed by atoms with van der Waals surface area (Å²) in [4.78, 5) is 11.3. The number of ether oxygens (including phenoxy) is 1. The molecule has 0 fully saturated rings. The van der Waals surface area contributed by atoms with Crippen LogP contribution in [0.3, 0.4) is 0 Å². The van der Waals surface area contributed by atoms with Crippen LogP contribution in [0.5, 0.6) is 0 Å². The second-order valence-corrected chi connectivity index (χ2v) is 5.86. The number of fused-ring (bicyclic) bond motifs is 1. The molecule has 1 heterocycles. The number of alkyl halides is 3. The van der Waals surface area contributed by atoms with Gasteiger partial charge in [-0.05, 0) is 30.3 Å². The van der Waals surface area contributed by atoms with E-state index in [9.17, 15) is 26.7 Å². The molecule has 0 radical (unpaired) electrons. The molecule has 0 atom stereocenters. The summed E-state index contributed by atoms with van der Waals surface area (Å²) < 4.78 is 72.0. The molecule has 0 spiro atoms. The molecule has 0 aliphatic rings. The van der Waals surface area contributed by atoms with Crippen molar-refractivity contribution < 1.29 is 31.5 Å². The number of hydrogen-bond acceptors (Lipinski definition) is 3. The zero-order valence-corrected chi connectivity index (χ0v) is 14.4. The minimum Gasteiger partial charge on any atom is -0.466 e. The molecule has 3 aromatic rings. The summed E-state index contributed by atoms with van der Waals surface area (Å²) in [6.07, 6.45) is -2.33. The monoisotopic (exact) mass is 396 g/mol. The summed E-state index contributed by atoms with van der Waals surface area (Å²) in [6.45, 7) is -0.139. The van der Waals surface area contributed by atoms with Crippen LogP contribution in [-0.2, 0) is 22.3 Å². The van der Waals surface area contributed by atoms with Crippen LogP contribution in [0.4, 0.5) is 22.0 Å². The Morgan fingerprint density at radius 3 is 2.57 bits per heavy atom. The Balaban J connectivity index is 2.12. The van der Waals surface area contributed by atoms with E-state index in [1.165, 1.54) is 22.9 Å². The fraction of sp³-hybridized carbons (Fsp3) is 0.158. The highest BCUT2D eigenvalue weighted by Gasteiger charge is 2.31. The normalized spacial score (nSPS) is 12.1. The maximum Gasteiger partial charge on any atom is 0.416 e. The molecule has 0 N–H and O–H groups in total. The summed E-state index contributed by atoms with van der Waals surface area (Å²) in [5.74, 6) is -2.26. The lowest BCUT2D eigenvalue weighted by Crippen LogP contribution is -2.06. The third-order valence-corrected chi connectivity index (χ3v) is 4.02. The molecule has 0 saturated carbocycles. The van der Waals surface area contributed by atoms with Gasteiger partial charge in [0.05, 0.1) is 30.4 Å². The van der Waals surface area contributed by atoms with E-state index in [-0.39, 0.29) is 23.2 Å². The van der Waals surface area contributed by atoms with Gasteiger partial charge in [-0.25, -0.2) is 13.6 Å².